The average molecular weight is 234 g/mol. The van der Waals surface area contributed by atoms with Gasteiger partial charge in [-0.25, -0.2) is 17.6 Å². The Morgan fingerprint density at radius 3 is 1.88 bits per heavy atom. The number of carbonyl (C=O) groups excluding carboxylic acids is 1. The van der Waals surface area contributed by atoms with Crippen LogP contribution in [0.4, 0.5) is 17.6 Å². The molecule has 0 radical (unpaired) electrons. The molecule has 1 rings (SSSR count). The first-order valence-electron chi connectivity index (χ1n) is 4.83. The predicted octanol–water partition coefficient (Wildman–Crippen LogP) is 3.40. The Morgan fingerprint density at radius 2 is 1.44 bits per heavy atom. The van der Waals surface area contributed by atoms with E-state index in [1.807, 2.05) is 0 Å². The van der Waals surface area contributed by atoms with Crippen LogP contribution in [0.5, 0.6) is 0 Å². The molecule has 0 N–H and O–H groups in total. The fraction of sp³-hybridized carbons (Fsp3) is 0.364. The van der Waals surface area contributed by atoms with Crippen molar-refractivity contribution in [3.8, 4) is 0 Å². The van der Waals surface area contributed by atoms with Crippen LogP contribution in [0.3, 0.4) is 0 Å². The van der Waals surface area contributed by atoms with Crippen molar-refractivity contribution in [2.45, 2.75) is 26.7 Å². The lowest BCUT2D eigenvalue weighted by Crippen LogP contribution is -2.12. The molecule has 0 bridgehead atoms. The molecule has 0 amide bonds. The van der Waals surface area contributed by atoms with Crippen LogP contribution in [-0.4, -0.2) is 5.78 Å². The second-order valence-electron chi connectivity index (χ2n) is 3.24. The standard InChI is InChI=1S/C11H10F4O/c1-3-5-7(6(16)4-2)9(13)11(15)10(14)8(5)12/h3-4H2,1-2H3. The zero-order chi connectivity index (χ0) is 12.5. The van der Waals surface area contributed by atoms with Crippen molar-refractivity contribution in [1.82, 2.24) is 0 Å². The van der Waals surface area contributed by atoms with Crippen LogP contribution in [0.2, 0.25) is 0 Å². The molecule has 0 unspecified atom stereocenters. The molecule has 1 aromatic rings. The van der Waals surface area contributed by atoms with Gasteiger partial charge in [0.1, 0.15) is 0 Å². The smallest absolute Gasteiger partial charge is 0.198 e. The Balaban J connectivity index is 3.64. The first kappa shape index (κ1) is 12.7. The zero-order valence-electron chi connectivity index (χ0n) is 8.83. The lowest BCUT2D eigenvalue weighted by molar-refractivity contribution is 0.0981. The summed E-state index contributed by atoms with van der Waals surface area (Å²) in [7, 11) is 0. The van der Waals surface area contributed by atoms with Crippen molar-refractivity contribution in [3.05, 3.63) is 34.4 Å². The van der Waals surface area contributed by atoms with Gasteiger partial charge in [0.05, 0.1) is 5.56 Å². The van der Waals surface area contributed by atoms with E-state index in [-0.39, 0.29) is 12.8 Å². The summed E-state index contributed by atoms with van der Waals surface area (Å²) in [6.45, 7) is 2.86. The largest absolute Gasteiger partial charge is 0.294 e. The van der Waals surface area contributed by atoms with E-state index < -0.39 is 40.2 Å². The van der Waals surface area contributed by atoms with Crippen LogP contribution >= 0.6 is 0 Å². The first-order valence-corrected chi connectivity index (χ1v) is 4.83. The zero-order valence-corrected chi connectivity index (χ0v) is 8.83. The van der Waals surface area contributed by atoms with Crippen molar-refractivity contribution in [1.29, 1.82) is 0 Å². The molecule has 1 aromatic carbocycles. The average Bonchev–Trinajstić information content (AvgIpc) is 2.29. The van der Waals surface area contributed by atoms with Gasteiger partial charge < -0.3 is 0 Å². The summed E-state index contributed by atoms with van der Waals surface area (Å²) < 4.78 is 52.4. The number of rotatable bonds is 3. The molecule has 0 heterocycles. The molecule has 16 heavy (non-hydrogen) atoms. The summed E-state index contributed by atoms with van der Waals surface area (Å²) in [6, 6.07) is 0. The van der Waals surface area contributed by atoms with Crippen molar-refractivity contribution in [3.63, 3.8) is 0 Å². The molecule has 0 aromatic heterocycles. The molecule has 0 aliphatic carbocycles. The molecule has 1 nitrogen and oxygen atoms in total. The summed E-state index contributed by atoms with van der Waals surface area (Å²) in [5.74, 6) is -7.65. The number of hydrogen-bond donors (Lipinski definition) is 0. The highest BCUT2D eigenvalue weighted by Gasteiger charge is 2.27. The highest BCUT2D eigenvalue weighted by atomic mass is 19.2. The van der Waals surface area contributed by atoms with E-state index in [9.17, 15) is 22.4 Å². The van der Waals surface area contributed by atoms with Crippen LogP contribution in [-0.2, 0) is 6.42 Å². The topological polar surface area (TPSA) is 17.1 Å². The van der Waals surface area contributed by atoms with Crippen LogP contribution in [0.25, 0.3) is 0 Å². The first-order chi connectivity index (χ1) is 7.45. The van der Waals surface area contributed by atoms with Gasteiger partial charge in [0, 0.05) is 12.0 Å². The monoisotopic (exact) mass is 234 g/mol. The van der Waals surface area contributed by atoms with Crippen molar-refractivity contribution in [2.24, 2.45) is 0 Å². The van der Waals surface area contributed by atoms with Gasteiger partial charge in [-0.15, -0.1) is 0 Å². The van der Waals surface area contributed by atoms with Crippen LogP contribution in [0.1, 0.15) is 36.2 Å². The fourth-order valence-electron chi connectivity index (χ4n) is 1.48. The van der Waals surface area contributed by atoms with E-state index >= 15 is 0 Å². The van der Waals surface area contributed by atoms with Gasteiger partial charge in [0.15, 0.2) is 29.1 Å². The van der Waals surface area contributed by atoms with Gasteiger partial charge in [-0.3, -0.25) is 4.79 Å². The Hall–Kier alpha value is -1.39. The lowest BCUT2D eigenvalue weighted by Gasteiger charge is -2.10. The summed E-state index contributed by atoms with van der Waals surface area (Å²) >= 11 is 0. The SMILES string of the molecule is CCC(=O)c1c(F)c(F)c(F)c(F)c1CC. The molecule has 0 aliphatic heterocycles. The van der Waals surface area contributed by atoms with Crippen molar-refractivity contribution in [2.75, 3.05) is 0 Å². The van der Waals surface area contributed by atoms with E-state index in [2.05, 4.69) is 0 Å². The van der Waals surface area contributed by atoms with Crippen LogP contribution in [0, 0.1) is 23.3 Å². The lowest BCUT2D eigenvalue weighted by atomic mass is 9.98. The normalized spacial score (nSPS) is 10.6. The van der Waals surface area contributed by atoms with Gasteiger partial charge >= 0.3 is 0 Å². The third-order valence-corrected chi connectivity index (χ3v) is 2.32. The number of carbonyl (C=O) groups is 1. The summed E-state index contributed by atoms with van der Waals surface area (Å²) in [4.78, 5) is 11.3. The maximum atomic E-state index is 13.3. The van der Waals surface area contributed by atoms with Crippen LogP contribution in [0.15, 0.2) is 0 Å². The Kier molecular flexibility index (Phi) is 3.67. The number of halogens is 4. The highest BCUT2D eigenvalue weighted by Crippen LogP contribution is 2.25. The minimum absolute atomic E-state index is 0.0823. The number of hydrogen-bond acceptors (Lipinski definition) is 1. The molecule has 88 valence electrons. The minimum atomic E-state index is -1.94. The summed E-state index contributed by atoms with van der Waals surface area (Å²) in [6.07, 6.45) is -0.185. The van der Waals surface area contributed by atoms with E-state index in [0.717, 1.165) is 0 Å². The number of ketones is 1. The van der Waals surface area contributed by atoms with Gasteiger partial charge in [0.2, 0.25) is 0 Å². The van der Waals surface area contributed by atoms with E-state index in [4.69, 9.17) is 0 Å². The quantitative estimate of drug-likeness (QED) is 0.339. The maximum absolute atomic E-state index is 13.3. The van der Waals surface area contributed by atoms with E-state index in [1.54, 1.807) is 0 Å². The maximum Gasteiger partial charge on any atom is 0.198 e. The summed E-state index contributed by atoms with van der Waals surface area (Å²) in [5, 5.41) is 0. The molecule has 0 fully saturated rings. The minimum Gasteiger partial charge on any atom is -0.294 e. The second kappa shape index (κ2) is 4.63. The Bertz CT molecular complexity index is 440. The third-order valence-electron chi connectivity index (χ3n) is 2.32. The highest BCUT2D eigenvalue weighted by molar-refractivity contribution is 5.97. The molecule has 0 saturated heterocycles. The molecule has 0 saturated carbocycles. The number of benzene rings is 1. The molecular formula is C11H10F4O. The number of Topliss-reactive ketones (excluding diaryl/α,β-unsaturated/α-hetero) is 1. The Morgan fingerprint density at radius 1 is 0.938 bits per heavy atom. The van der Waals surface area contributed by atoms with Crippen molar-refractivity contribution < 1.29 is 22.4 Å². The predicted molar refractivity (Wildman–Crippen MR) is 50.3 cm³/mol. The van der Waals surface area contributed by atoms with Gasteiger partial charge in [0.25, 0.3) is 0 Å². The second-order valence-corrected chi connectivity index (χ2v) is 3.24. The molecule has 5 heteroatoms. The van der Waals surface area contributed by atoms with Crippen LogP contribution < -0.4 is 0 Å². The molecule has 0 aliphatic rings. The van der Waals surface area contributed by atoms with E-state index in [0.29, 0.717) is 0 Å². The Labute approximate surface area is 90.1 Å². The molecule has 0 atom stereocenters. The fourth-order valence-corrected chi connectivity index (χ4v) is 1.48. The molecule has 0 spiro atoms. The van der Waals surface area contributed by atoms with Gasteiger partial charge in [-0.2, -0.15) is 0 Å². The van der Waals surface area contributed by atoms with Gasteiger partial charge in [-0.1, -0.05) is 13.8 Å². The third kappa shape index (κ3) is 1.81. The van der Waals surface area contributed by atoms with Crippen molar-refractivity contribution >= 4 is 5.78 Å². The molecular weight excluding hydrogens is 224 g/mol. The summed E-state index contributed by atoms with van der Waals surface area (Å²) in [5.41, 5.74) is -1.09. The van der Waals surface area contributed by atoms with Gasteiger partial charge in [-0.05, 0) is 6.42 Å². The van der Waals surface area contributed by atoms with E-state index in [1.165, 1.54) is 13.8 Å².